The first-order chi connectivity index (χ1) is 9.24. The van der Waals surface area contributed by atoms with Crippen molar-refractivity contribution in [3.63, 3.8) is 0 Å². The molecule has 0 atom stereocenters. The molecule has 0 radical (unpaired) electrons. The Hall–Kier alpha value is -1.84. The maximum atomic E-state index is 13.5. The van der Waals surface area contributed by atoms with Gasteiger partial charge in [0.05, 0.1) is 5.69 Å². The van der Waals surface area contributed by atoms with Gasteiger partial charge in [-0.25, -0.2) is 9.18 Å². The molecule has 1 aliphatic carbocycles. The van der Waals surface area contributed by atoms with Crippen LogP contribution in [0.25, 0.3) is 0 Å². The molecule has 1 heterocycles. The summed E-state index contributed by atoms with van der Waals surface area (Å²) >= 11 is 0. The van der Waals surface area contributed by atoms with Gasteiger partial charge in [-0.1, -0.05) is 23.3 Å². The van der Waals surface area contributed by atoms with E-state index in [1.54, 1.807) is 28.7 Å². The number of urea groups is 1. The van der Waals surface area contributed by atoms with Crippen molar-refractivity contribution in [1.82, 2.24) is 4.90 Å². The van der Waals surface area contributed by atoms with Crippen LogP contribution in [0, 0.1) is 5.82 Å². The molecule has 1 N–H and O–H groups in total. The maximum Gasteiger partial charge on any atom is 0.321 e. The Morgan fingerprint density at radius 1 is 1.05 bits per heavy atom. The van der Waals surface area contributed by atoms with Gasteiger partial charge in [-0.15, -0.1) is 0 Å². The van der Waals surface area contributed by atoms with Crippen LogP contribution in [0.2, 0.25) is 0 Å². The van der Waals surface area contributed by atoms with Crippen molar-refractivity contribution in [2.45, 2.75) is 25.7 Å². The summed E-state index contributed by atoms with van der Waals surface area (Å²) in [4.78, 5) is 13.8. The van der Waals surface area contributed by atoms with Crippen molar-refractivity contribution in [2.75, 3.05) is 18.4 Å². The van der Waals surface area contributed by atoms with Crippen LogP contribution in [0.5, 0.6) is 0 Å². The van der Waals surface area contributed by atoms with E-state index in [9.17, 15) is 9.18 Å². The Morgan fingerprint density at radius 2 is 1.68 bits per heavy atom. The lowest BCUT2D eigenvalue weighted by Gasteiger charge is -2.28. The molecule has 3 rings (SSSR count). The van der Waals surface area contributed by atoms with Crippen molar-refractivity contribution in [3.8, 4) is 0 Å². The fourth-order valence-electron chi connectivity index (χ4n) is 2.51. The molecule has 2 amide bonds. The van der Waals surface area contributed by atoms with Gasteiger partial charge in [0.15, 0.2) is 0 Å². The zero-order chi connectivity index (χ0) is 13.2. The number of amides is 2. The average molecular weight is 260 g/mol. The van der Waals surface area contributed by atoms with E-state index >= 15 is 0 Å². The van der Waals surface area contributed by atoms with Crippen molar-refractivity contribution in [2.24, 2.45) is 0 Å². The number of rotatable bonds is 1. The summed E-state index contributed by atoms with van der Waals surface area (Å²) in [7, 11) is 0. The van der Waals surface area contributed by atoms with Crippen LogP contribution >= 0.6 is 0 Å². The average Bonchev–Trinajstić information content (AvgIpc) is 3.26. The van der Waals surface area contributed by atoms with Crippen molar-refractivity contribution < 1.29 is 9.18 Å². The number of para-hydroxylation sites is 1. The van der Waals surface area contributed by atoms with E-state index in [4.69, 9.17) is 0 Å². The zero-order valence-electron chi connectivity index (χ0n) is 10.8. The highest BCUT2D eigenvalue weighted by molar-refractivity contribution is 5.89. The standard InChI is InChI=1S/C15H17FN2O/c16-13-3-1-2-4-14(13)17-15(19)18-9-7-12(8-10-18)11-5-6-11/h1-4H,5-10H2,(H,17,19). The molecule has 0 aromatic heterocycles. The molecule has 0 spiro atoms. The minimum absolute atomic E-state index is 0.204. The highest BCUT2D eigenvalue weighted by Crippen LogP contribution is 2.36. The zero-order valence-corrected chi connectivity index (χ0v) is 10.8. The van der Waals surface area contributed by atoms with E-state index in [1.165, 1.54) is 24.5 Å². The Kier molecular flexibility index (Phi) is 3.23. The molecule has 0 bridgehead atoms. The molecule has 2 aliphatic rings. The van der Waals surface area contributed by atoms with Gasteiger partial charge >= 0.3 is 6.03 Å². The molecule has 0 unspecified atom stereocenters. The monoisotopic (exact) mass is 260 g/mol. The lowest BCUT2D eigenvalue weighted by Crippen LogP contribution is -2.39. The largest absolute Gasteiger partial charge is 0.324 e. The summed E-state index contributed by atoms with van der Waals surface area (Å²) in [6.45, 7) is 1.47. The molecule has 1 aliphatic heterocycles. The first-order valence-corrected chi connectivity index (χ1v) is 6.74. The van der Waals surface area contributed by atoms with Gasteiger partial charge in [0.1, 0.15) is 5.82 Å². The summed E-state index contributed by atoms with van der Waals surface area (Å²) in [5, 5.41) is 2.64. The number of hydrogen-bond donors (Lipinski definition) is 1. The minimum Gasteiger partial charge on any atom is -0.324 e. The fraction of sp³-hybridized carbons (Fsp3) is 0.400. The van der Waals surface area contributed by atoms with E-state index in [0.29, 0.717) is 0 Å². The number of hydrogen-bond acceptors (Lipinski definition) is 1. The van der Waals surface area contributed by atoms with Crippen LogP contribution in [0.1, 0.15) is 25.7 Å². The summed E-state index contributed by atoms with van der Waals surface area (Å²) < 4.78 is 13.5. The molecule has 19 heavy (non-hydrogen) atoms. The molecular weight excluding hydrogens is 243 g/mol. The smallest absolute Gasteiger partial charge is 0.321 e. The Morgan fingerprint density at radius 3 is 2.32 bits per heavy atom. The first-order valence-electron chi connectivity index (χ1n) is 6.74. The van der Waals surface area contributed by atoms with Crippen molar-refractivity contribution in [1.29, 1.82) is 0 Å². The van der Waals surface area contributed by atoms with Gasteiger partial charge in [0.25, 0.3) is 0 Å². The Balaban J connectivity index is 1.59. The lowest BCUT2D eigenvalue weighted by atomic mass is 10.0. The third-order valence-corrected chi connectivity index (χ3v) is 3.77. The third-order valence-electron chi connectivity index (χ3n) is 3.77. The van der Waals surface area contributed by atoms with E-state index in [1.807, 2.05) is 0 Å². The molecule has 1 aromatic carbocycles. The van der Waals surface area contributed by atoms with Gasteiger partial charge in [-0.05, 0) is 37.8 Å². The van der Waals surface area contributed by atoms with Crippen LogP contribution in [-0.2, 0) is 0 Å². The van der Waals surface area contributed by atoms with Crippen LogP contribution in [0.4, 0.5) is 14.9 Å². The highest BCUT2D eigenvalue weighted by atomic mass is 19.1. The third kappa shape index (κ3) is 2.78. The Bertz CT molecular complexity index is 523. The maximum absolute atomic E-state index is 13.5. The second-order valence-electron chi connectivity index (χ2n) is 5.10. The number of nitrogens with zero attached hydrogens (tertiary/aromatic N) is 1. The number of anilines is 1. The number of allylic oxidation sites excluding steroid dienone is 1. The summed E-state index contributed by atoms with van der Waals surface area (Å²) in [5.41, 5.74) is 3.38. The quantitative estimate of drug-likeness (QED) is 0.769. The van der Waals surface area contributed by atoms with Crippen LogP contribution < -0.4 is 5.32 Å². The van der Waals surface area contributed by atoms with Crippen molar-refractivity contribution >= 4 is 11.7 Å². The minimum atomic E-state index is -0.395. The van der Waals surface area contributed by atoms with E-state index < -0.39 is 5.82 Å². The Labute approximate surface area is 112 Å². The van der Waals surface area contributed by atoms with Crippen LogP contribution in [0.15, 0.2) is 35.4 Å². The summed E-state index contributed by atoms with van der Waals surface area (Å²) in [6.07, 6.45) is 4.44. The molecular formula is C15H17FN2O. The predicted octanol–water partition coefficient (Wildman–Crippen LogP) is 3.54. The second kappa shape index (κ2) is 5.03. The van der Waals surface area contributed by atoms with Gasteiger partial charge < -0.3 is 10.2 Å². The van der Waals surface area contributed by atoms with E-state index in [0.717, 1.165) is 25.9 Å². The fourth-order valence-corrected chi connectivity index (χ4v) is 2.51. The van der Waals surface area contributed by atoms with Crippen LogP contribution in [0.3, 0.4) is 0 Å². The number of nitrogens with one attached hydrogen (secondary N) is 1. The topological polar surface area (TPSA) is 32.3 Å². The van der Waals surface area contributed by atoms with E-state index in [2.05, 4.69) is 5.32 Å². The van der Waals surface area contributed by atoms with Gasteiger partial charge in [0, 0.05) is 13.1 Å². The highest BCUT2D eigenvalue weighted by Gasteiger charge is 2.24. The molecule has 100 valence electrons. The van der Waals surface area contributed by atoms with Gasteiger partial charge in [-0.3, -0.25) is 0 Å². The molecule has 1 saturated carbocycles. The van der Waals surface area contributed by atoms with E-state index in [-0.39, 0.29) is 11.7 Å². The number of halogens is 1. The number of carbonyl (C=O) groups is 1. The number of piperidine rings is 1. The number of benzene rings is 1. The first kappa shape index (κ1) is 12.2. The number of carbonyl (C=O) groups excluding carboxylic acids is 1. The number of likely N-dealkylation sites (tertiary alicyclic amines) is 1. The molecule has 1 aromatic rings. The van der Waals surface area contributed by atoms with Crippen LogP contribution in [-0.4, -0.2) is 24.0 Å². The SMILES string of the molecule is O=C(Nc1ccccc1F)N1CCC(=C2CC2)CC1. The molecule has 3 nitrogen and oxygen atoms in total. The predicted molar refractivity (Wildman–Crippen MR) is 72.5 cm³/mol. The van der Waals surface area contributed by atoms with Gasteiger partial charge in [-0.2, -0.15) is 0 Å². The molecule has 2 fully saturated rings. The second-order valence-corrected chi connectivity index (χ2v) is 5.10. The summed E-state index contributed by atoms with van der Waals surface area (Å²) in [6, 6.07) is 6.05. The normalized spacial score (nSPS) is 18.5. The van der Waals surface area contributed by atoms with Gasteiger partial charge in [0.2, 0.25) is 0 Å². The molecule has 1 saturated heterocycles. The summed E-state index contributed by atoms with van der Waals surface area (Å²) in [5.74, 6) is -0.395. The van der Waals surface area contributed by atoms with Crippen molar-refractivity contribution in [3.05, 3.63) is 41.2 Å². The molecule has 4 heteroatoms. The lowest BCUT2D eigenvalue weighted by molar-refractivity contribution is 0.207.